The van der Waals surface area contributed by atoms with E-state index in [0.29, 0.717) is 19.0 Å². The van der Waals surface area contributed by atoms with Gasteiger partial charge in [-0.1, -0.05) is 0 Å². The topological polar surface area (TPSA) is 70.2 Å². The Labute approximate surface area is 100 Å². The molecule has 6 nitrogen and oxygen atoms in total. The third kappa shape index (κ3) is 3.12. The second-order valence-electron chi connectivity index (χ2n) is 4.27. The first-order chi connectivity index (χ1) is 8.19. The van der Waals surface area contributed by atoms with Crippen molar-refractivity contribution in [1.29, 1.82) is 0 Å². The van der Waals surface area contributed by atoms with Crippen molar-refractivity contribution in [3.05, 3.63) is 27.9 Å². The average Bonchev–Trinajstić information content (AvgIpc) is 2.28. The van der Waals surface area contributed by atoms with E-state index in [1.54, 1.807) is 0 Å². The van der Waals surface area contributed by atoms with Gasteiger partial charge in [-0.2, -0.15) is 0 Å². The van der Waals surface area contributed by atoms with Crippen LogP contribution in [0.4, 0.5) is 0 Å². The standard InChI is InChI=1S/C11H18N4O2/c1-12-6-8-5-10(16)14-11(13-8)9-7-15(2)3-4-17-9/h5,9,12H,3-4,6-7H2,1-2H3,(H,13,14,16). The molecule has 1 atom stereocenters. The Bertz CT molecular complexity index is 432. The largest absolute Gasteiger partial charge is 0.368 e. The molecule has 2 heterocycles. The zero-order valence-electron chi connectivity index (χ0n) is 10.2. The lowest BCUT2D eigenvalue weighted by Crippen LogP contribution is -2.36. The Kier molecular flexibility index (Phi) is 3.88. The van der Waals surface area contributed by atoms with Gasteiger partial charge >= 0.3 is 0 Å². The molecule has 0 spiro atoms. The molecule has 6 heteroatoms. The van der Waals surface area contributed by atoms with E-state index in [4.69, 9.17) is 4.74 Å². The molecule has 1 aromatic heterocycles. The number of likely N-dealkylation sites (N-methyl/N-ethyl adjacent to an activating group) is 1. The molecule has 1 aliphatic heterocycles. The Morgan fingerprint density at radius 2 is 2.53 bits per heavy atom. The fraction of sp³-hybridized carbons (Fsp3) is 0.636. The summed E-state index contributed by atoms with van der Waals surface area (Å²) < 4.78 is 5.63. The summed E-state index contributed by atoms with van der Waals surface area (Å²) in [5.74, 6) is 0.620. The van der Waals surface area contributed by atoms with Gasteiger partial charge in [0, 0.05) is 25.7 Å². The first-order valence-electron chi connectivity index (χ1n) is 5.74. The lowest BCUT2D eigenvalue weighted by atomic mass is 10.2. The molecule has 94 valence electrons. The van der Waals surface area contributed by atoms with Crippen molar-refractivity contribution in [2.24, 2.45) is 0 Å². The summed E-state index contributed by atoms with van der Waals surface area (Å²) in [7, 11) is 3.86. The summed E-state index contributed by atoms with van der Waals surface area (Å²) in [5.41, 5.74) is 0.611. The van der Waals surface area contributed by atoms with Crippen molar-refractivity contribution < 1.29 is 4.74 Å². The van der Waals surface area contributed by atoms with Crippen LogP contribution in [0.1, 0.15) is 17.6 Å². The normalized spacial score (nSPS) is 21.6. The number of morpholine rings is 1. The van der Waals surface area contributed by atoms with E-state index in [9.17, 15) is 4.79 Å². The molecule has 0 aliphatic carbocycles. The van der Waals surface area contributed by atoms with Crippen molar-refractivity contribution >= 4 is 0 Å². The molecule has 0 bridgehead atoms. The van der Waals surface area contributed by atoms with Gasteiger partial charge in [0.1, 0.15) is 11.9 Å². The number of H-pyrrole nitrogens is 1. The van der Waals surface area contributed by atoms with Gasteiger partial charge < -0.3 is 19.9 Å². The maximum atomic E-state index is 11.5. The Balaban J connectivity index is 2.21. The summed E-state index contributed by atoms with van der Waals surface area (Å²) >= 11 is 0. The number of nitrogens with one attached hydrogen (secondary N) is 2. The van der Waals surface area contributed by atoms with Crippen molar-refractivity contribution in [3.63, 3.8) is 0 Å². The minimum atomic E-state index is -0.141. The molecule has 0 aromatic carbocycles. The quantitative estimate of drug-likeness (QED) is 0.742. The van der Waals surface area contributed by atoms with Crippen LogP contribution in [0.2, 0.25) is 0 Å². The molecule has 0 saturated carbocycles. The predicted octanol–water partition coefficient (Wildman–Crippen LogP) is -0.508. The lowest BCUT2D eigenvalue weighted by Gasteiger charge is -2.29. The van der Waals surface area contributed by atoms with E-state index in [2.05, 4.69) is 20.2 Å². The van der Waals surface area contributed by atoms with Gasteiger partial charge in [0.2, 0.25) is 0 Å². The minimum absolute atomic E-state index is 0.128. The van der Waals surface area contributed by atoms with Crippen LogP contribution >= 0.6 is 0 Å². The second-order valence-corrected chi connectivity index (χ2v) is 4.27. The molecule has 0 amide bonds. The van der Waals surface area contributed by atoms with Crippen LogP contribution in [-0.2, 0) is 11.3 Å². The van der Waals surface area contributed by atoms with Gasteiger partial charge in [-0.15, -0.1) is 0 Å². The second kappa shape index (κ2) is 5.39. The number of hydrogen-bond donors (Lipinski definition) is 2. The van der Waals surface area contributed by atoms with Gasteiger partial charge in [-0.25, -0.2) is 4.98 Å². The van der Waals surface area contributed by atoms with E-state index < -0.39 is 0 Å². The highest BCUT2D eigenvalue weighted by atomic mass is 16.5. The van der Waals surface area contributed by atoms with Crippen molar-refractivity contribution in [2.75, 3.05) is 33.8 Å². The van der Waals surface area contributed by atoms with Crippen LogP contribution in [0.5, 0.6) is 0 Å². The molecule has 1 fully saturated rings. The third-order valence-electron chi connectivity index (χ3n) is 2.75. The maximum Gasteiger partial charge on any atom is 0.251 e. The molecule has 2 N–H and O–H groups in total. The Morgan fingerprint density at radius 1 is 1.71 bits per heavy atom. The van der Waals surface area contributed by atoms with E-state index in [1.165, 1.54) is 6.07 Å². The molecule has 2 rings (SSSR count). The highest BCUT2D eigenvalue weighted by Gasteiger charge is 2.21. The molecule has 1 unspecified atom stereocenters. The van der Waals surface area contributed by atoms with Gasteiger partial charge in [0.25, 0.3) is 5.56 Å². The predicted molar refractivity (Wildman–Crippen MR) is 63.8 cm³/mol. The zero-order valence-corrected chi connectivity index (χ0v) is 10.2. The Hall–Kier alpha value is -1.24. The van der Waals surface area contributed by atoms with Crippen LogP contribution in [0, 0.1) is 0 Å². The average molecular weight is 238 g/mol. The minimum Gasteiger partial charge on any atom is -0.368 e. The van der Waals surface area contributed by atoms with E-state index in [0.717, 1.165) is 18.8 Å². The summed E-state index contributed by atoms with van der Waals surface area (Å²) in [6, 6.07) is 1.51. The molecule has 1 aromatic rings. The number of aromatic amines is 1. The van der Waals surface area contributed by atoms with Crippen molar-refractivity contribution in [1.82, 2.24) is 20.2 Å². The summed E-state index contributed by atoms with van der Waals surface area (Å²) in [4.78, 5) is 20.8. The monoisotopic (exact) mass is 238 g/mol. The summed E-state index contributed by atoms with van der Waals surface area (Å²) in [5, 5.41) is 2.98. The SMILES string of the molecule is CNCc1cc(=O)[nH]c(C2CN(C)CCO2)n1. The maximum absolute atomic E-state index is 11.5. The van der Waals surface area contributed by atoms with Crippen LogP contribution < -0.4 is 10.9 Å². The molecular weight excluding hydrogens is 220 g/mol. The zero-order chi connectivity index (χ0) is 12.3. The highest BCUT2D eigenvalue weighted by Crippen LogP contribution is 2.17. The van der Waals surface area contributed by atoms with Gasteiger partial charge in [-0.3, -0.25) is 4.79 Å². The van der Waals surface area contributed by atoms with Gasteiger partial charge in [0.15, 0.2) is 0 Å². The van der Waals surface area contributed by atoms with Crippen molar-refractivity contribution in [3.8, 4) is 0 Å². The molecule has 1 aliphatic rings. The first kappa shape index (κ1) is 12.2. The number of hydrogen-bond acceptors (Lipinski definition) is 5. The lowest BCUT2D eigenvalue weighted by molar-refractivity contribution is -0.0257. The van der Waals surface area contributed by atoms with Crippen LogP contribution in [-0.4, -0.2) is 48.7 Å². The Morgan fingerprint density at radius 3 is 3.24 bits per heavy atom. The number of aromatic nitrogens is 2. The van der Waals surface area contributed by atoms with Crippen LogP contribution in [0.15, 0.2) is 10.9 Å². The summed E-state index contributed by atoms with van der Waals surface area (Å²) in [6.07, 6.45) is -0.141. The highest BCUT2D eigenvalue weighted by molar-refractivity contribution is 5.05. The first-order valence-corrected chi connectivity index (χ1v) is 5.74. The van der Waals surface area contributed by atoms with E-state index in [-0.39, 0.29) is 11.7 Å². The molecule has 17 heavy (non-hydrogen) atoms. The number of ether oxygens (including phenoxy) is 1. The fourth-order valence-electron chi connectivity index (χ4n) is 1.90. The van der Waals surface area contributed by atoms with E-state index in [1.807, 2.05) is 14.1 Å². The molecule has 0 radical (unpaired) electrons. The third-order valence-corrected chi connectivity index (χ3v) is 2.75. The molecule has 1 saturated heterocycles. The smallest absolute Gasteiger partial charge is 0.251 e. The van der Waals surface area contributed by atoms with Crippen LogP contribution in [0.3, 0.4) is 0 Å². The molecular formula is C11H18N4O2. The van der Waals surface area contributed by atoms with E-state index >= 15 is 0 Å². The van der Waals surface area contributed by atoms with Gasteiger partial charge in [0.05, 0.1) is 12.3 Å². The number of nitrogens with zero attached hydrogens (tertiary/aromatic N) is 2. The van der Waals surface area contributed by atoms with Crippen LogP contribution in [0.25, 0.3) is 0 Å². The fourth-order valence-corrected chi connectivity index (χ4v) is 1.90. The summed E-state index contributed by atoms with van der Waals surface area (Å²) in [6.45, 7) is 2.92. The number of rotatable bonds is 3. The van der Waals surface area contributed by atoms with Gasteiger partial charge in [-0.05, 0) is 14.1 Å². The van der Waals surface area contributed by atoms with Crippen molar-refractivity contribution in [2.45, 2.75) is 12.6 Å².